The Balaban J connectivity index is 1.53. The van der Waals surface area contributed by atoms with Crippen molar-refractivity contribution in [1.29, 1.82) is 0 Å². The van der Waals surface area contributed by atoms with Gasteiger partial charge in [-0.05, 0) is 30.2 Å². The van der Waals surface area contributed by atoms with Crippen molar-refractivity contribution in [2.45, 2.75) is 18.3 Å². The smallest absolute Gasteiger partial charge is 0.352 e. The summed E-state index contributed by atoms with van der Waals surface area (Å²) in [5.41, 5.74) is 6.60. The van der Waals surface area contributed by atoms with Crippen molar-refractivity contribution in [3.8, 4) is 0 Å². The fourth-order valence-corrected chi connectivity index (χ4v) is 5.05. The lowest BCUT2D eigenvalue weighted by molar-refractivity contribution is -0.150. The van der Waals surface area contributed by atoms with Gasteiger partial charge in [-0.3, -0.25) is 19.5 Å². The van der Waals surface area contributed by atoms with Crippen LogP contribution in [0.25, 0.3) is 6.08 Å². The molecule has 176 valence electrons. The van der Waals surface area contributed by atoms with E-state index < -0.39 is 29.2 Å². The average molecular weight is 502 g/mol. The van der Waals surface area contributed by atoms with E-state index in [1.165, 1.54) is 16.7 Å². The Morgan fingerprint density at radius 1 is 1.38 bits per heavy atom. The molecule has 0 aliphatic carbocycles. The minimum atomic E-state index is -1.22. The summed E-state index contributed by atoms with van der Waals surface area (Å²) in [5.74, 6) is -2.18. The highest BCUT2D eigenvalue weighted by Crippen LogP contribution is 2.40. The Bertz CT molecular complexity index is 1210. The Labute approximate surface area is 201 Å². The van der Waals surface area contributed by atoms with Crippen molar-refractivity contribution in [2.24, 2.45) is 5.16 Å². The number of pyridine rings is 1. The number of nitrogens with two attached hydrogens (primary N) is 1. The van der Waals surface area contributed by atoms with Gasteiger partial charge in [-0.2, -0.15) is 9.36 Å². The number of oxime groups is 1. The largest absolute Gasteiger partial charge is 0.477 e. The number of fused-ring (bicyclic) bond motifs is 1. The van der Waals surface area contributed by atoms with E-state index in [4.69, 9.17) is 10.6 Å². The number of hydrogen-bond acceptors (Lipinski definition) is 11. The molecular formula is C20H19N7O5S2. The number of nitrogens with one attached hydrogen (secondary N) is 1. The van der Waals surface area contributed by atoms with E-state index in [2.05, 4.69) is 24.8 Å². The van der Waals surface area contributed by atoms with Crippen molar-refractivity contribution in [3.63, 3.8) is 0 Å². The molecule has 2 atom stereocenters. The predicted octanol–water partition coefficient (Wildman–Crippen LogP) is 0.708. The second-order valence-electron chi connectivity index (χ2n) is 6.97. The number of allylic oxidation sites excluding steroid dienone is 1. The third kappa shape index (κ3) is 4.63. The predicted molar refractivity (Wildman–Crippen MR) is 125 cm³/mol. The second kappa shape index (κ2) is 10.0. The molecule has 2 aromatic rings. The lowest BCUT2D eigenvalue weighted by atomic mass is 10.0. The molecular weight excluding hydrogens is 482 g/mol. The van der Waals surface area contributed by atoms with E-state index in [1.807, 2.05) is 0 Å². The molecule has 1 unspecified atom stereocenters. The maximum atomic E-state index is 12.9. The number of rotatable bonds is 8. The molecule has 4 rings (SSSR count). The lowest BCUT2D eigenvalue weighted by Crippen LogP contribution is -2.71. The third-order valence-electron chi connectivity index (χ3n) is 4.82. The maximum absolute atomic E-state index is 12.9. The molecule has 0 bridgehead atoms. The van der Waals surface area contributed by atoms with Gasteiger partial charge in [0.15, 0.2) is 5.13 Å². The Kier molecular flexibility index (Phi) is 6.88. The van der Waals surface area contributed by atoms with Gasteiger partial charge in [-0.1, -0.05) is 17.3 Å². The maximum Gasteiger partial charge on any atom is 0.352 e. The quantitative estimate of drug-likeness (QED) is 0.265. The first kappa shape index (κ1) is 23.4. The summed E-state index contributed by atoms with van der Waals surface area (Å²) in [7, 11) is 0. The van der Waals surface area contributed by atoms with E-state index in [9.17, 15) is 19.5 Å². The van der Waals surface area contributed by atoms with Crippen LogP contribution in [0, 0.1) is 0 Å². The number of carboxylic acid groups (broad SMARTS) is 1. The van der Waals surface area contributed by atoms with Gasteiger partial charge < -0.3 is 21.0 Å². The molecule has 4 N–H and O–H groups in total. The number of carboxylic acids is 1. The van der Waals surface area contributed by atoms with Crippen LogP contribution in [0.2, 0.25) is 0 Å². The molecule has 2 aromatic heterocycles. The van der Waals surface area contributed by atoms with Crippen LogP contribution in [-0.2, 0) is 19.2 Å². The highest BCUT2D eigenvalue weighted by Gasteiger charge is 2.54. The molecule has 14 heteroatoms. The Morgan fingerprint density at radius 3 is 2.79 bits per heavy atom. The monoisotopic (exact) mass is 501 g/mol. The van der Waals surface area contributed by atoms with Crippen LogP contribution in [0.15, 0.2) is 47.0 Å². The van der Waals surface area contributed by atoms with Gasteiger partial charge in [0.2, 0.25) is 11.5 Å². The topological polar surface area (TPSA) is 173 Å². The molecule has 2 aliphatic heterocycles. The fraction of sp³-hybridized carbons (Fsp3) is 0.250. The molecule has 12 nitrogen and oxygen atoms in total. The van der Waals surface area contributed by atoms with Crippen molar-refractivity contribution in [3.05, 3.63) is 53.3 Å². The van der Waals surface area contributed by atoms with Gasteiger partial charge in [-0.25, -0.2) is 4.79 Å². The number of aliphatic carboxylic acids is 1. The third-order valence-corrected chi connectivity index (χ3v) is 6.67. The number of nitrogens with zero attached hydrogens (tertiary/aromatic N) is 5. The fourth-order valence-electron chi connectivity index (χ4n) is 3.30. The zero-order valence-corrected chi connectivity index (χ0v) is 19.4. The zero-order valence-electron chi connectivity index (χ0n) is 17.7. The standard InChI is InChI=1S/C20H19N7O5S2/c1-2-32-25-12(15-24-20(21)34-26-15)16(28)23-13-17(29)27-14(19(30)31)11(9-33-18(13)27)4-3-10-5-7-22-8-6-10/h3-8,13,18H,2,9H2,1H3,(H,23,28)(H,30,31)(H2,21,24,26)/b4-3+,25-12-/t13?,18-/m1/s1. The number of anilines is 1. The van der Waals surface area contributed by atoms with Crippen LogP contribution in [0.1, 0.15) is 18.3 Å². The molecule has 2 aliphatic rings. The van der Waals surface area contributed by atoms with Crippen molar-refractivity contribution in [1.82, 2.24) is 24.6 Å². The molecule has 1 saturated heterocycles. The first-order valence-corrected chi connectivity index (χ1v) is 11.8. The number of nitrogen functional groups attached to an aromatic ring is 1. The molecule has 0 radical (unpaired) electrons. The number of thioether (sulfide) groups is 1. The lowest BCUT2D eigenvalue weighted by Gasteiger charge is -2.49. The molecule has 2 amide bonds. The molecule has 0 aromatic carbocycles. The van der Waals surface area contributed by atoms with Crippen LogP contribution in [-0.4, -0.2) is 71.6 Å². The molecule has 1 fully saturated rings. The highest BCUT2D eigenvalue weighted by molar-refractivity contribution is 8.00. The summed E-state index contributed by atoms with van der Waals surface area (Å²) in [5, 5.41) is 15.7. The minimum absolute atomic E-state index is 0.0250. The highest BCUT2D eigenvalue weighted by atomic mass is 32.2. The number of carbonyl (C=O) groups is 3. The summed E-state index contributed by atoms with van der Waals surface area (Å²) >= 11 is 2.23. The molecule has 4 heterocycles. The van der Waals surface area contributed by atoms with Crippen LogP contribution >= 0.6 is 23.3 Å². The van der Waals surface area contributed by atoms with Crippen molar-refractivity contribution in [2.75, 3.05) is 18.1 Å². The zero-order chi connectivity index (χ0) is 24.2. The summed E-state index contributed by atoms with van der Waals surface area (Å²) in [4.78, 5) is 51.8. The van der Waals surface area contributed by atoms with Gasteiger partial charge in [0.05, 0.1) is 0 Å². The van der Waals surface area contributed by atoms with Crippen LogP contribution < -0.4 is 11.1 Å². The average Bonchev–Trinajstić information content (AvgIpc) is 3.27. The summed E-state index contributed by atoms with van der Waals surface area (Å²) in [6.45, 7) is 1.89. The summed E-state index contributed by atoms with van der Waals surface area (Å²) < 4.78 is 3.97. The van der Waals surface area contributed by atoms with Crippen LogP contribution in [0.3, 0.4) is 0 Å². The van der Waals surface area contributed by atoms with Gasteiger partial charge in [0.25, 0.3) is 11.8 Å². The second-order valence-corrected chi connectivity index (χ2v) is 8.86. The van der Waals surface area contributed by atoms with E-state index in [0.29, 0.717) is 11.3 Å². The van der Waals surface area contributed by atoms with E-state index in [0.717, 1.165) is 17.1 Å². The number of β-lactam (4-membered cyclic amide) rings is 1. The van der Waals surface area contributed by atoms with Crippen molar-refractivity contribution < 1.29 is 24.3 Å². The molecule has 0 spiro atoms. The van der Waals surface area contributed by atoms with Gasteiger partial charge >= 0.3 is 5.97 Å². The normalized spacial score (nSPS) is 20.2. The number of aromatic nitrogens is 3. The Morgan fingerprint density at radius 2 is 2.15 bits per heavy atom. The van der Waals surface area contributed by atoms with Crippen LogP contribution in [0.5, 0.6) is 0 Å². The number of carbonyl (C=O) groups excluding carboxylic acids is 2. The van der Waals surface area contributed by atoms with E-state index in [-0.39, 0.29) is 29.0 Å². The van der Waals surface area contributed by atoms with Gasteiger partial charge in [0, 0.05) is 29.7 Å². The van der Waals surface area contributed by atoms with Crippen LogP contribution in [0.4, 0.5) is 5.13 Å². The van der Waals surface area contributed by atoms with Crippen molar-refractivity contribution >= 4 is 58.0 Å². The summed E-state index contributed by atoms with van der Waals surface area (Å²) in [6, 6.07) is 2.62. The SMILES string of the molecule is CCO/N=C(\C(=O)NC1C(=O)N2C(C(=O)O)=C(/C=C/c3ccncc3)CS[C@H]12)c1nsc(N)n1. The molecule has 34 heavy (non-hydrogen) atoms. The molecule has 0 saturated carbocycles. The number of hydrogen-bond donors (Lipinski definition) is 3. The minimum Gasteiger partial charge on any atom is -0.477 e. The summed E-state index contributed by atoms with van der Waals surface area (Å²) in [6.07, 6.45) is 6.69. The Hall–Kier alpha value is -3.78. The van der Waals surface area contributed by atoms with E-state index >= 15 is 0 Å². The van der Waals surface area contributed by atoms with E-state index in [1.54, 1.807) is 43.6 Å². The van der Waals surface area contributed by atoms with Gasteiger partial charge in [0.1, 0.15) is 23.7 Å². The number of amides is 2. The first-order chi connectivity index (χ1) is 16.4. The first-order valence-electron chi connectivity index (χ1n) is 10.00. The van der Waals surface area contributed by atoms with Gasteiger partial charge in [-0.15, -0.1) is 11.8 Å².